The molecule has 1 N–H and O–H groups in total. The smallest absolute Gasteiger partial charge is 0.341 e. The van der Waals surface area contributed by atoms with Crippen LogP contribution in [0.25, 0.3) is 0 Å². The lowest BCUT2D eigenvalue weighted by Crippen LogP contribution is -2.37. The summed E-state index contributed by atoms with van der Waals surface area (Å²) in [5, 5.41) is 3.12. The standard InChI is InChI=1S/C14H14Cl3NO3/c1-7(8-2-3-8)18-11(19)6-21-14(20)12-9(15)4-5-10(16)13(12)17/h4-5,7-8H,2-3,6H2,1H3,(H,18,19)/t7-/m1/s1. The summed E-state index contributed by atoms with van der Waals surface area (Å²) in [5.74, 6) is -0.597. The lowest BCUT2D eigenvalue weighted by Gasteiger charge is -2.13. The Morgan fingerprint density at radius 3 is 2.52 bits per heavy atom. The molecule has 1 fully saturated rings. The van der Waals surface area contributed by atoms with E-state index in [0.29, 0.717) is 5.92 Å². The summed E-state index contributed by atoms with van der Waals surface area (Å²) in [6, 6.07) is 3.02. The number of hydrogen-bond donors (Lipinski definition) is 1. The van der Waals surface area contributed by atoms with Gasteiger partial charge in [0, 0.05) is 6.04 Å². The van der Waals surface area contributed by atoms with Crippen LogP contribution in [-0.4, -0.2) is 24.5 Å². The molecule has 114 valence electrons. The van der Waals surface area contributed by atoms with Crippen LogP contribution in [0, 0.1) is 5.92 Å². The normalized spacial score (nSPS) is 15.4. The monoisotopic (exact) mass is 349 g/mol. The predicted octanol–water partition coefficient (Wildman–Crippen LogP) is 3.72. The minimum absolute atomic E-state index is 0.0147. The van der Waals surface area contributed by atoms with E-state index in [1.807, 2.05) is 6.92 Å². The summed E-state index contributed by atoms with van der Waals surface area (Å²) in [5.41, 5.74) is -0.0334. The molecule has 0 aromatic heterocycles. The second-order valence-electron chi connectivity index (χ2n) is 4.99. The van der Waals surface area contributed by atoms with Crippen molar-refractivity contribution in [1.29, 1.82) is 0 Å². The average molecular weight is 351 g/mol. The number of halogens is 3. The van der Waals surface area contributed by atoms with Crippen molar-refractivity contribution in [1.82, 2.24) is 5.32 Å². The first kappa shape index (κ1) is 16.4. The van der Waals surface area contributed by atoms with E-state index in [9.17, 15) is 9.59 Å². The highest BCUT2D eigenvalue weighted by molar-refractivity contribution is 6.46. The van der Waals surface area contributed by atoms with Gasteiger partial charge in [-0.05, 0) is 37.8 Å². The van der Waals surface area contributed by atoms with Gasteiger partial charge in [0.1, 0.15) is 0 Å². The van der Waals surface area contributed by atoms with Crippen LogP contribution >= 0.6 is 34.8 Å². The third kappa shape index (κ3) is 4.25. The van der Waals surface area contributed by atoms with Crippen LogP contribution in [0.5, 0.6) is 0 Å². The van der Waals surface area contributed by atoms with Gasteiger partial charge in [-0.1, -0.05) is 34.8 Å². The van der Waals surface area contributed by atoms with Crippen LogP contribution in [0.4, 0.5) is 0 Å². The second-order valence-corrected chi connectivity index (χ2v) is 6.18. The van der Waals surface area contributed by atoms with E-state index >= 15 is 0 Å². The molecule has 0 radical (unpaired) electrons. The molecule has 1 aromatic carbocycles. The molecule has 7 heteroatoms. The molecular formula is C14H14Cl3NO3. The summed E-state index contributed by atoms with van der Waals surface area (Å²) in [6.45, 7) is 1.55. The van der Waals surface area contributed by atoms with Crippen LogP contribution in [0.15, 0.2) is 12.1 Å². The molecule has 1 aromatic rings. The minimum Gasteiger partial charge on any atom is -0.452 e. The summed E-state index contributed by atoms with van der Waals surface area (Å²) in [6.07, 6.45) is 2.24. The van der Waals surface area contributed by atoms with Gasteiger partial charge in [0.25, 0.3) is 5.91 Å². The van der Waals surface area contributed by atoms with Gasteiger partial charge in [0.2, 0.25) is 0 Å². The fourth-order valence-electron chi connectivity index (χ4n) is 1.93. The number of esters is 1. The Bertz CT molecular complexity index is 573. The summed E-state index contributed by atoms with van der Waals surface area (Å²) in [7, 11) is 0. The van der Waals surface area contributed by atoms with Crippen molar-refractivity contribution in [3.63, 3.8) is 0 Å². The molecule has 4 nitrogen and oxygen atoms in total. The Morgan fingerprint density at radius 1 is 1.29 bits per heavy atom. The topological polar surface area (TPSA) is 55.4 Å². The van der Waals surface area contributed by atoms with Crippen LogP contribution in [0.1, 0.15) is 30.1 Å². The van der Waals surface area contributed by atoms with Crippen molar-refractivity contribution in [3.8, 4) is 0 Å². The summed E-state index contributed by atoms with van der Waals surface area (Å²) >= 11 is 17.7. The molecule has 0 unspecified atom stereocenters. The number of hydrogen-bond acceptors (Lipinski definition) is 3. The van der Waals surface area contributed by atoms with Crippen molar-refractivity contribution in [2.45, 2.75) is 25.8 Å². The molecule has 0 spiro atoms. The summed E-state index contributed by atoms with van der Waals surface area (Å²) in [4.78, 5) is 23.6. The van der Waals surface area contributed by atoms with Gasteiger partial charge < -0.3 is 10.1 Å². The predicted molar refractivity (Wildman–Crippen MR) is 82.1 cm³/mol. The van der Waals surface area contributed by atoms with Crippen LogP contribution < -0.4 is 5.32 Å². The van der Waals surface area contributed by atoms with Crippen molar-refractivity contribution in [2.24, 2.45) is 5.92 Å². The largest absolute Gasteiger partial charge is 0.452 e. The highest BCUT2D eigenvalue weighted by Gasteiger charge is 2.29. The first-order valence-electron chi connectivity index (χ1n) is 6.50. The van der Waals surface area contributed by atoms with Crippen molar-refractivity contribution in [3.05, 3.63) is 32.8 Å². The zero-order valence-corrected chi connectivity index (χ0v) is 13.6. The molecule has 1 atom stereocenters. The van der Waals surface area contributed by atoms with Gasteiger partial charge in [0.05, 0.1) is 20.6 Å². The summed E-state index contributed by atoms with van der Waals surface area (Å²) < 4.78 is 4.93. The number of carbonyl (C=O) groups excluding carboxylic acids is 2. The van der Waals surface area contributed by atoms with E-state index < -0.39 is 5.97 Å². The maximum absolute atomic E-state index is 11.9. The Labute approximate surface area is 137 Å². The quantitative estimate of drug-likeness (QED) is 0.650. The number of carbonyl (C=O) groups is 2. The Morgan fingerprint density at radius 2 is 1.90 bits per heavy atom. The maximum Gasteiger partial charge on any atom is 0.341 e. The molecule has 0 saturated heterocycles. The lowest BCUT2D eigenvalue weighted by atomic mass is 10.2. The number of amides is 1. The molecule has 1 saturated carbocycles. The molecule has 21 heavy (non-hydrogen) atoms. The average Bonchev–Trinajstić information content (AvgIpc) is 3.25. The van der Waals surface area contributed by atoms with E-state index in [1.165, 1.54) is 12.1 Å². The van der Waals surface area contributed by atoms with E-state index in [4.69, 9.17) is 39.5 Å². The maximum atomic E-state index is 11.9. The van der Waals surface area contributed by atoms with Gasteiger partial charge in [-0.25, -0.2) is 4.79 Å². The Kier molecular flexibility index (Phi) is 5.36. The Hall–Kier alpha value is -0.970. The van der Waals surface area contributed by atoms with Gasteiger partial charge in [-0.15, -0.1) is 0 Å². The van der Waals surface area contributed by atoms with E-state index in [-0.39, 0.29) is 39.2 Å². The number of benzene rings is 1. The molecule has 1 aliphatic carbocycles. The van der Waals surface area contributed by atoms with Gasteiger partial charge in [0.15, 0.2) is 6.61 Å². The number of nitrogens with one attached hydrogen (secondary N) is 1. The highest BCUT2D eigenvalue weighted by Crippen LogP contribution is 2.33. The Balaban J connectivity index is 1.92. The molecule has 0 heterocycles. The molecule has 1 aliphatic rings. The SMILES string of the molecule is C[C@@H](NC(=O)COC(=O)c1c(Cl)ccc(Cl)c1Cl)C1CC1. The second kappa shape index (κ2) is 6.86. The fourth-order valence-corrected chi connectivity index (χ4v) is 2.61. The zero-order valence-electron chi connectivity index (χ0n) is 11.3. The van der Waals surface area contributed by atoms with Crippen molar-refractivity contribution >= 4 is 46.7 Å². The molecule has 0 aliphatic heterocycles. The zero-order chi connectivity index (χ0) is 15.6. The fraction of sp³-hybridized carbons (Fsp3) is 0.429. The van der Waals surface area contributed by atoms with Crippen LogP contribution in [0.2, 0.25) is 15.1 Å². The van der Waals surface area contributed by atoms with Crippen LogP contribution in [-0.2, 0) is 9.53 Å². The van der Waals surface area contributed by atoms with Gasteiger partial charge in [-0.3, -0.25) is 4.79 Å². The third-order valence-electron chi connectivity index (χ3n) is 3.30. The molecule has 1 amide bonds. The van der Waals surface area contributed by atoms with E-state index in [2.05, 4.69) is 5.32 Å². The van der Waals surface area contributed by atoms with Crippen molar-refractivity contribution < 1.29 is 14.3 Å². The molecule has 0 bridgehead atoms. The highest BCUT2D eigenvalue weighted by atomic mass is 35.5. The first-order valence-corrected chi connectivity index (χ1v) is 7.63. The number of ether oxygens (including phenoxy) is 1. The van der Waals surface area contributed by atoms with Gasteiger partial charge >= 0.3 is 5.97 Å². The van der Waals surface area contributed by atoms with Gasteiger partial charge in [-0.2, -0.15) is 0 Å². The van der Waals surface area contributed by atoms with Crippen LogP contribution in [0.3, 0.4) is 0 Å². The minimum atomic E-state index is -0.776. The van der Waals surface area contributed by atoms with E-state index in [1.54, 1.807) is 0 Å². The first-order chi connectivity index (χ1) is 9.90. The third-order valence-corrected chi connectivity index (χ3v) is 4.42. The van der Waals surface area contributed by atoms with E-state index in [0.717, 1.165) is 12.8 Å². The van der Waals surface area contributed by atoms with Crippen molar-refractivity contribution in [2.75, 3.05) is 6.61 Å². The lowest BCUT2D eigenvalue weighted by molar-refractivity contribution is -0.124. The number of rotatable bonds is 5. The molecule has 2 rings (SSSR count). The molecular weight excluding hydrogens is 337 g/mol.